The molecule has 4 aromatic rings. The van der Waals surface area contributed by atoms with E-state index in [-0.39, 0.29) is 11.9 Å². The molecule has 1 amide bonds. The van der Waals surface area contributed by atoms with E-state index in [1.165, 1.54) is 12.8 Å². The molecule has 1 aromatic carbocycles. The number of amides is 1. The van der Waals surface area contributed by atoms with Crippen LogP contribution in [0.1, 0.15) is 35.0 Å². The van der Waals surface area contributed by atoms with Gasteiger partial charge in [-0.1, -0.05) is 18.2 Å². The highest BCUT2D eigenvalue weighted by Gasteiger charge is 2.26. The van der Waals surface area contributed by atoms with Crippen molar-refractivity contribution in [3.8, 4) is 11.3 Å². The van der Waals surface area contributed by atoms with Gasteiger partial charge in [-0.15, -0.1) is 0 Å². The third-order valence-corrected chi connectivity index (χ3v) is 5.85. The average molecular weight is 412 g/mol. The van der Waals surface area contributed by atoms with Crippen LogP contribution in [0.5, 0.6) is 0 Å². The Bertz CT molecular complexity index is 1170. The molecule has 0 saturated carbocycles. The molecule has 1 aliphatic rings. The molecule has 6 heteroatoms. The lowest BCUT2D eigenvalue weighted by Gasteiger charge is -2.26. The maximum Gasteiger partial charge on any atom is 0.252 e. The first kappa shape index (κ1) is 19.5. The molecular formula is C25H24N4O2. The molecule has 1 aliphatic heterocycles. The average Bonchev–Trinajstić information content (AvgIpc) is 3.54. The van der Waals surface area contributed by atoms with Gasteiger partial charge >= 0.3 is 0 Å². The van der Waals surface area contributed by atoms with Crippen LogP contribution in [0, 0.1) is 0 Å². The maximum atomic E-state index is 13.3. The number of nitrogens with zero attached hydrogens (tertiary/aromatic N) is 3. The molecule has 4 heterocycles. The summed E-state index contributed by atoms with van der Waals surface area (Å²) in [5.74, 6) is 0.781. The molecule has 0 bridgehead atoms. The second kappa shape index (κ2) is 8.70. The van der Waals surface area contributed by atoms with Gasteiger partial charge in [0.05, 0.1) is 29.1 Å². The van der Waals surface area contributed by atoms with Gasteiger partial charge in [-0.25, -0.2) is 4.98 Å². The van der Waals surface area contributed by atoms with E-state index in [9.17, 15) is 4.79 Å². The molecule has 156 valence electrons. The Labute approximate surface area is 180 Å². The van der Waals surface area contributed by atoms with Crippen LogP contribution in [0.2, 0.25) is 0 Å². The number of hydrogen-bond donors (Lipinski definition) is 1. The molecule has 0 aliphatic carbocycles. The maximum absolute atomic E-state index is 13.3. The van der Waals surface area contributed by atoms with Crippen LogP contribution in [0.3, 0.4) is 0 Å². The third-order valence-electron chi connectivity index (χ3n) is 5.85. The zero-order valence-corrected chi connectivity index (χ0v) is 17.2. The highest BCUT2D eigenvalue weighted by atomic mass is 16.3. The lowest BCUT2D eigenvalue weighted by molar-refractivity contribution is 0.0935. The number of fused-ring (bicyclic) bond motifs is 1. The largest absolute Gasteiger partial charge is 0.468 e. The highest BCUT2D eigenvalue weighted by Crippen LogP contribution is 2.27. The van der Waals surface area contributed by atoms with E-state index >= 15 is 0 Å². The normalized spacial score (nSPS) is 15.2. The van der Waals surface area contributed by atoms with Crippen LogP contribution in [-0.2, 0) is 0 Å². The van der Waals surface area contributed by atoms with Gasteiger partial charge in [0, 0.05) is 29.9 Å². The number of carbonyl (C=O) groups is 1. The standard InChI is InChI=1S/C25H24N4O2/c30-25(27-17-23(24-8-5-15-31-24)29-13-3-4-14-29)20-16-22(18-9-11-26-12-10-18)28-21-7-2-1-6-19(20)21/h1-2,5-12,15-16,23H,3-4,13-14,17H2,(H,27,30)/t23-/m0/s1. The summed E-state index contributed by atoms with van der Waals surface area (Å²) in [4.78, 5) is 24.5. The zero-order valence-electron chi connectivity index (χ0n) is 17.2. The quantitative estimate of drug-likeness (QED) is 0.506. The van der Waals surface area contributed by atoms with Gasteiger partial charge in [-0.2, -0.15) is 0 Å². The van der Waals surface area contributed by atoms with Gasteiger partial charge < -0.3 is 9.73 Å². The lowest BCUT2D eigenvalue weighted by atomic mass is 10.0. The molecule has 3 aromatic heterocycles. The van der Waals surface area contributed by atoms with Crippen molar-refractivity contribution in [1.82, 2.24) is 20.2 Å². The van der Waals surface area contributed by atoms with Gasteiger partial charge in [0.15, 0.2) is 0 Å². The van der Waals surface area contributed by atoms with Crippen molar-refractivity contribution in [1.29, 1.82) is 0 Å². The van der Waals surface area contributed by atoms with Gasteiger partial charge in [0.1, 0.15) is 5.76 Å². The summed E-state index contributed by atoms with van der Waals surface area (Å²) in [7, 11) is 0. The Kier molecular flexibility index (Phi) is 5.46. The number of likely N-dealkylation sites (tertiary alicyclic amines) is 1. The fourth-order valence-electron chi connectivity index (χ4n) is 4.26. The molecule has 0 spiro atoms. The first-order valence-electron chi connectivity index (χ1n) is 10.7. The van der Waals surface area contributed by atoms with Crippen molar-refractivity contribution >= 4 is 16.8 Å². The number of aromatic nitrogens is 2. The van der Waals surface area contributed by atoms with Gasteiger partial charge in [-0.3, -0.25) is 14.7 Å². The Morgan fingerprint density at radius 1 is 1.06 bits per heavy atom. The number of nitrogens with one attached hydrogen (secondary N) is 1. The zero-order chi connectivity index (χ0) is 21.0. The Morgan fingerprint density at radius 2 is 1.87 bits per heavy atom. The molecular weight excluding hydrogens is 388 g/mol. The SMILES string of the molecule is O=C(NC[C@@H](c1ccco1)N1CCCC1)c1cc(-c2ccncc2)nc2ccccc12. The fourth-order valence-corrected chi connectivity index (χ4v) is 4.26. The molecule has 0 radical (unpaired) electrons. The topological polar surface area (TPSA) is 71.3 Å². The van der Waals surface area contributed by atoms with Crippen LogP contribution in [-0.4, -0.2) is 40.4 Å². The summed E-state index contributed by atoms with van der Waals surface area (Å²) in [6.07, 6.45) is 7.51. The molecule has 31 heavy (non-hydrogen) atoms. The molecule has 1 atom stereocenters. The summed E-state index contributed by atoms with van der Waals surface area (Å²) in [5, 5.41) is 4.00. The summed E-state index contributed by atoms with van der Waals surface area (Å²) in [5.41, 5.74) is 3.11. The molecule has 1 fully saturated rings. The number of rotatable bonds is 6. The van der Waals surface area contributed by atoms with E-state index in [0.29, 0.717) is 12.1 Å². The van der Waals surface area contributed by atoms with Crippen LogP contribution >= 0.6 is 0 Å². The van der Waals surface area contributed by atoms with Crippen LogP contribution in [0.25, 0.3) is 22.2 Å². The summed E-state index contributed by atoms with van der Waals surface area (Å²) >= 11 is 0. The van der Waals surface area contributed by atoms with Crippen molar-refractivity contribution in [2.45, 2.75) is 18.9 Å². The number of hydrogen-bond acceptors (Lipinski definition) is 5. The summed E-state index contributed by atoms with van der Waals surface area (Å²) in [6, 6.07) is 17.3. The second-order valence-corrected chi connectivity index (χ2v) is 7.79. The molecule has 1 saturated heterocycles. The Morgan fingerprint density at radius 3 is 2.65 bits per heavy atom. The predicted molar refractivity (Wildman–Crippen MR) is 120 cm³/mol. The Hall–Kier alpha value is -3.51. The van der Waals surface area contributed by atoms with E-state index in [1.54, 1.807) is 18.7 Å². The second-order valence-electron chi connectivity index (χ2n) is 7.79. The highest BCUT2D eigenvalue weighted by molar-refractivity contribution is 6.07. The smallest absolute Gasteiger partial charge is 0.252 e. The molecule has 1 N–H and O–H groups in total. The minimum atomic E-state index is -0.107. The number of carbonyl (C=O) groups excluding carboxylic acids is 1. The fraction of sp³-hybridized carbons (Fsp3) is 0.240. The number of pyridine rings is 2. The van der Waals surface area contributed by atoms with E-state index in [0.717, 1.165) is 41.0 Å². The first-order valence-corrected chi connectivity index (χ1v) is 10.7. The number of para-hydroxylation sites is 1. The van der Waals surface area contributed by atoms with Crippen LogP contribution in [0.4, 0.5) is 0 Å². The molecule has 6 nitrogen and oxygen atoms in total. The molecule has 0 unspecified atom stereocenters. The third kappa shape index (κ3) is 4.07. The first-order chi connectivity index (χ1) is 15.3. The number of benzene rings is 1. The summed E-state index contributed by atoms with van der Waals surface area (Å²) in [6.45, 7) is 2.53. The van der Waals surface area contributed by atoms with Gasteiger partial charge in [0.2, 0.25) is 0 Å². The minimum absolute atomic E-state index is 0.0363. The van der Waals surface area contributed by atoms with Gasteiger partial charge in [-0.05, 0) is 62.3 Å². The van der Waals surface area contributed by atoms with Crippen molar-refractivity contribution in [2.24, 2.45) is 0 Å². The van der Waals surface area contributed by atoms with E-state index < -0.39 is 0 Å². The van der Waals surface area contributed by atoms with Crippen LogP contribution in [0.15, 0.2) is 77.7 Å². The molecule has 5 rings (SSSR count). The van der Waals surface area contributed by atoms with Crippen molar-refractivity contribution < 1.29 is 9.21 Å². The van der Waals surface area contributed by atoms with Gasteiger partial charge in [0.25, 0.3) is 5.91 Å². The minimum Gasteiger partial charge on any atom is -0.468 e. The monoisotopic (exact) mass is 412 g/mol. The van der Waals surface area contributed by atoms with E-state index in [4.69, 9.17) is 9.40 Å². The van der Waals surface area contributed by atoms with Crippen molar-refractivity contribution in [2.75, 3.05) is 19.6 Å². The number of furan rings is 1. The van der Waals surface area contributed by atoms with E-state index in [1.807, 2.05) is 54.6 Å². The predicted octanol–water partition coefficient (Wildman–Crippen LogP) is 4.46. The Balaban J connectivity index is 1.45. The van der Waals surface area contributed by atoms with Crippen molar-refractivity contribution in [3.05, 3.63) is 84.6 Å². The van der Waals surface area contributed by atoms with Crippen LogP contribution < -0.4 is 5.32 Å². The van der Waals surface area contributed by atoms with E-state index in [2.05, 4.69) is 15.2 Å². The summed E-state index contributed by atoms with van der Waals surface area (Å²) < 4.78 is 5.68. The lowest BCUT2D eigenvalue weighted by Crippen LogP contribution is -2.36. The van der Waals surface area contributed by atoms with Crippen molar-refractivity contribution in [3.63, 3.8) is 0 Å².